The number of aliphatic carboxylic acids is 1. The van der Waals surface area contributed by atoms with Crippen molar-refractivity contribution in [3.8, 4) is 0 Å². The lowest BCUT2D eigenvalue weighted by Gasteiger charge is -2.39. The molecule has 0 aliphatic heterocycles. The van der Waals surface area contributed by atoms with Crippen molar-refractivity contribution in [2.45, 2.75) is 78.9 Å². The number of benzene rings is 1. The second-order valence-electron chi connectivity index (χ2n) is 12.3. The molecule has 0 saturated heterocycles. The number of aromatic nitrogens is 1. The van der Waals surface area contributed by atoms with Gasteiger partial charge in [-0.15, -0.1) is 0 Å². The molecule has 0 saturated carbocycles. The number of hydrogen-bond acceptors (Lipinski definition) is 4. The second kappa shape index (κ2) is 11.7. The summed E-state index contributed by atoms with van der Waals surface area (Å²) in [6.07, 6.45) is 3.67. The van der Waals surface area contributed by atoms with Gasteiger partial charge in [0.1, 0.15) is 6.04 Å². The molecule has 1 heterocycles. The highest BCUT2D eigenvalue weighted by Gasteiger charge is 2.42. The first-order valence-electron chi connectivity index (χ1n) is 13.2. The van der Waals surface area contributed by atoms with E-state index >= 15 is 0 Å². The highest BCUT2D eigenvalue weighted by atomic mass is 16.4. The predicted molar refractivity (Wildman–Crippen MR) is 153 cm³/mol. The smallest absolute Gasteiger partial charge is 0.331 e. The lowest BCUT2D eigenvalue weighted by molar-refractivity contribution is -0.141. The fraction of sp³-hybridized carbons (Fsp3) is 0.567. The molecule has 0 spiro atoms. The van der Waals surface area contributed by atoms with Crippen LogP contribution in [0.1, 0.15) is 61.0 Å². The zero-order valence-corrected chi connectivity index (χ0v) is 24.8. The number of carboxylic acid groups (broad SMARTS) is 1. The van der Waals surface area contributed by atoms with E-state index in [2.05, 4.69) is 33.5 Å². The summed E-state index contributed by atoms with van der Waals surface area (Å²) < 4.78 is 2.06. The van der Waals surface area contributed by atoms with E-state index in [0.29, 0.717) is 0 Å². The summed E-state index contributed by atoms with van der Waals surface area (Å²) in [6, 6.07) is 6.23. The van der Waals surface area contributed by atoms with Crippen LogP contribution in [0.3, 0.4) is 0 Å². The number of carbonyl (C=O) groups is 3. The van der Waals surface area contributed by atoms with Gasteiger partial charge in [-0.1, -0.05) is 72.7 Å². The second-order valence-corrected chi connectivity index (χ2v) is 12.3. The SMILES string of the molecule is CN[C@H](C(=O)N[C@H](C(=O)N(C)C(C=C(C)C(=O)O)C(C)C)C(C)(C)C)C(C)(C)c1cn(C)c2ccccc12. The van der Waals surface area contributed by atoms with E-state index in [1.807, 2.05) is 67.6 Å². The van der Waals surface area contributed by atoms with Crippen LogP contribution in [-0.2, 0) is 26.8 Å². The van der Waals surface area contributed by atoms with Crippen LogP contribution < -0.4 is 10.6 Å². The summed E-state index contributed by atoms with van der Waals surface area (Å²) in [4.78, 5) is 40.7. The van der Waals surface area contributed by atoms with Gasteiger partial charge in [0.15, 0.2) is 0 Å². The van der Waals surface area contributed by atoms with Gasteiger partial charge in [0.2, 0.25) is 11.8 Å². The average Bonchev–Trinajstić information content (AvgIpc) is 3.16. The lowest BCUT2D eigenvalue weighted by Crippen LogP contribution is -2.61. The quantitative estimate of drug-likeness (QED) is 0.405. The number of likely N-dealkylation sites (N-methyl/N-ethyl adjacent to an activating group) is 2. The molecule has 8 heteroatoms. The van der Waals surface area contributed by atoms with Crippen molar-refractivity contribution >= 4 is 28.7 Å². The molecule has 1 unspecified atom stereocenters. The number of para-hydroxylation sites is 1. The Bertz CT molecular complexity index is 1200. The van der Waals surface area contributed by atoms with Crippen LogP contribution in [0, 0.1) is 11.3 Å². The van der Waals surface area contributed by atoms with Gasteiger partial charge in [0.25, 0.3) is 0 Å². The van der Waals surface area contributed by atoms with Gasteiger partial charge in [-0.3, -0.25) is 9.59 Å². The highest BCUT2D eigenvalue weighted by Crippen LogP contribution is 2.35. The summed E-state index contributed by atoms with van der Waals surface area (Å²) >= 11 is 0. The first-order valence-corrected chi connectivity index (χ1v) is 13.2. The van der Waals surface area contributed by atoms with Crippen molar-refractivity contribution in [2.75, 3.05) is 14.1 Å². The normalized spacial score (nSPS) is 15.3. The van der Waals surface area contributed by atoms with Crippen LogP contribution in [0.2, 0.25) is 0 Å². The molecule has 210 valence electrons. The Hall–Kier alpha value is -3.13. The molecule has 2 rings (SSSR count). The molecular weight excluding hydrogens is 480 g/mol. The molecule has 2 aromatic rings. The van der Waals surface area contributed by atoms with Crippen LogP contribution in [-0.4, -0.2) is 64.6 Å². The first-order chi connectivity index (χ1) is 17.4. The monoisotopic (exact) mass is 526 g/mol. The van der Waals surface area contributed by atoms with E-state index in [0.717, 1.165) is 16.5 Å². The Morgan fingerprint density at radius 3 is 2.13 bits per heavy atom. The third-order valence-corrected chi connectivity index (χ3v) is 7.50. The van der Waals surface area contributed by atoms with Crippen molar-refractivity contribution in [1.82, 2.24) is 20.1 Å². The molecule has 1 aromatic heterocycles. The Balaban J connectivity index is 2.43. The molecule has 0 fully saturated rings. The molecule has 38 heavy (non-hydrogen) atoms. The fourth-order valence-electron chi connectivity index (χ4n) is 5.13. The summed E-state index contributed by atoms with van der Waals surface area (Å²) in [5.74, 6) is -1.59. The van der Waals surface area contributed by atoms with Crippen molar-refractivity contribution in [3.63, 3.8) is 0 Å². The third-order valence-electron chi connectivity index (χ3n) is 7.50. The third kappa shape index (κ3) is 6.46. The van der Waals surface area contributed by atoms with Crippen LogP contribution >= 0.6 is 0 Å². The van der Waals surface area contributed by atoms with Crippen LogP contribution in [0.25, 0.3) is 10.9 Å². The predicted octanol–water partition coefficient (Wildman–Crippen LogP) is 4.09. The Kier molecular flexibility index (Phi) is 9.59. The maximum absolute atomic E-state index is 13.9. The molecule has 0 aliphatic carbocycles. The van der Waals surface area contributed by atoms with Gasteiger partial charge in [0.05, 0.1) is 12.1 Å². The molecule has 0 aliphatic rings. The van der Waals surface area contributed by atoms with E-state index in [1.165, 1.54) is 6.92 Å². The topological polar surface area (TPSA) is 104 Å². The summed E-state index contributed by atoms with van der Waals surface area (Å²) in [5.41, 5.74) is 1.11. The van der Waals surface area contributed by atoms with Crippen molar-refractivity contribution < 1.29 is 19.5 Å². The number of carboxylic acids is 1. The van der Waals surface area contributed by atoms with Gasteiger partial charge in [0, 0.05) is 42.2 Å². The van der Waals surface area contributed by atoms with E-state index in [9.17, 15) is 19.5 Å². The molecule has 2 amide bonds. The minimum atomic E-state index is -1.02. The molecule has 1 aromatic carbocycles. The van der Waals surface area contributed by atoms with Crippen LogP contribution in [0.15, 0.2) is 42.1 Å². The number of hydrogen-bond donors (Lipinski definition) is 3. The largest absolute Gasteiger partial charge is 0.478 e. The summed E-state index contributed by atoms with van der Waals surface area (Å²) in [6.45, 7) is 15.2. The zero-order valence-electron chi connectivity index (χ0n) is 24.8. The van der Waals surface area contributed by atoms with E-state index in [1.54, 1.807) is 25.1 Å². The van der Waals surface area contributed by atoms with E-state index < -0.39 is 34.9 Å². The van der Waals surface area contributed by atoms with Gasteiger partial charge in [-0.25, -0.2) is 4.79 Å². The Labute approximate surface area is 227 Å². The number of rotatable bonds is 10. The summed E-state index contributed by atoms with van der Waals surface area (Å²) in [7, 11) is 5.41. The fourth-order valence-corrected chi connectivity index (χ4v) is 5.13. The van der Waals surface area contributed by atoms with Gasteiger partial charge in [-0.05, 0) is 36.9 Å². The van der Waals surface area contributed by atoms with Crippen molar-refractivity contribution in [2.24, 2.45) is 18.4 Å². The summed E-state index contributed by atoms with van der Waals surface area (Å²) in [5, 5.41) is 16.7. The maximum atomic E-state index is 13.9. The standard InChI is InChI=1S/C30H46N4O4/c1-18(2)23(16-19(3)28(37)38)34(11)27(36)25(29(4,5)6)32-26(35)24(31-9)30(7,8)21-17-33(10)22-15-13-12-14-20(21)22/h12-18,23-25,31H,1-11H3,(H,32,35)(H,37,38)/t23?,24-,25-/m1/s1. The number of fused-ring (bicyclic) bond motifs is 1. The molecular formula is C30H46N4O4. The Morgan fingerprint density at radius 1 is 1.05 bits per heavy atom. The lowest BCUT2D eigenvalue weighted by atomic mass is 9.76. The van der Waals surface area contributed by atoms with Gasteiger partial charge >= 0.3 is 5.97 Å². The number of nitrogens with zero attached hydrogens (tertiary/aromatic N) is 2. The van der Waals surface area contributed by atoms with Crippen LogP contribution in [0.5, 0.6) is 0 Å². The molecule has 0 radical (unpaired) electrons. The van der Waals surface area contributed by atoms with Crippen molar-refractivity contribution in [1.29, 1.82) is 0 Å². The molecule has 3 atom stereocenters. The molecule has 0 bridgehead atoms. The number of aryl methyl sites for hydroxylation is 1. The number of nitrogens with one attached hydrogen (secondary N) is 2. The highest BCUT2D eigenvalue weighted by molar-refractivity contribution is 5.93. The van der Waals surface area contributed by atoms with Crippen molar-refractivity contribution in [3.05, 3.63) is 47.7 Å². The molecule has 3 N–H and O–H groups in total. The Morgan fingerprint density at radius 2 is 1.63 bits per heavy atom. The minimum Gasteiger partial charge on any atom is -0.478 e. The zero-order chi connectivity index (χ0) is 29.2. The molecule has 8 nitrogen and oxygen atoms in total. The number of carbonyl (C=O) groups excluding carboxylic acids is 2. The van der Waals surface area contributed by atoms with E-state index in [4.69, 9.17) is 0 Å². The minimum absolute atomic E-state index is 0.0232. The number of amides is 2. The maximum Gasteiger partial charge on any atom is 0.331 e. The average molecular weight is 527 g/mol. The van der Waals surface area contributed by atoms with Crippen LogP contribution in [0.4, 0.5) is 0 Å². The van der Waals surface area contributed by atoms with E-state index in [-0.39, 0.29) is 23.3 Å². The van der Waals surface area contributed by atoms with Gasteiger partial charge in [-0.2, -0.15) is 0 Å². The first kappa shape index (κ1) is 31.1. The van der Waals surface area contributed by atoms with Gasteiger partial charge < -0.3 is 25.2 Å².